The van der Waals surface area contributed by atoms with Crippen molar-refractivity contribution in [1.29, 1.82) is 0 Å². The van der Waals surface area contributed by atoms with Crippen molar-refractivity contribution in [3.8, 4) is 11.6 Å². The van der Waals surface area contributed by atoms with Crippen LogP contribution in [0.2, 0.25) is 0 Å². The Morgan fingerprint density at radius 3 is 2.41 bits per heavy atom. The second-order valence-electron chi connectivity index (χ2n) is 7.69. The Bertz CT molecular complexity index is 1210. The molecule has 2 aromatic heterocycles. The van der Waals surface area contributed by atoms with Crippen molar-refractivity contribution >= 4 is 30.5 Å². The molecule has 12 heteroatoms. The monoisotopic (exact) mass is 488 g/mol. The Kier molecular flexibility index (Phi) is 8.27. The molecule has 2 heterocycles. The van der Waals surface area contributed by atoms with Crippen LogP contribution in [-0.4, -0.2) is 43.0 Å². The van der Waals surface area contributed by atoms with E-state index in [0.29, 0.717) is 29.7 Å². The van der Waals surface area contributed by atoms with E-state index in [9.17, 15) is 14.2 Å². The molecular formula is C22H25N4O7P. The first kappa shape index (κ1) is 25.2. The van der Waals surface area contributed by atoms with E-state index in [1.165, 1.54) is 12.1 Å². The van der Waals surface area contributed by atoms with E-state index < -0.39 is 7.82 Å². The van der Waals surface area contributed by atoms with Crippen LogP contribution in [0.3, 0.4) is 0 Å². The Morgan fingerprint density at radius 2 is 1.79 bits per heavy atom. The van der Waals surface area contributed by atoms with Gasteiger partial charge in [0.25, 0.3) is 0 Å². The first-order valence-corrected chi connectivity index (χ1v) is 12.1. The van der Waals surface area contributed by atoms with Crippen LogP contribution in [0.25, 0.3) is 11.0 Å². The average molecular weight is 488 g/mol. The molecule has 34 heavy (non-hydrogen) atoms. The van der Waals surface area contributed by atoms with Gasteiger partial charge in [-0.3, -0.25) is 24.4 Å². The van der Waals surface area contributed by atoms with Crippen molar-refractivity contribution in [2.75, 3.05) is 6.54 Å². The predicted molar refractivity (Wildman–Crippen MR) is 122 cm³/mol. The molecule has 3 aromatic rings. The van der Waals surface area contributed by atoms with Gasteiger partial charge in [-0.1, -0.05) is 26.0 Å². The molecule has 11 nitrogen and oxygen atoms in total. The summed E-state index contributed by atoms with van der Waals surface area (Å²) in [5, 5.41) is 2.77. The van der Waals surface area contributed by atoms with Crippen molar-refractivity contribution in [2.45, 2.75) is 33.3 Å². The first-order chi connectivity index (χ1) is 16.1. The molecule has 0 fully saturated rings. The van der Waals surface area contributed by atoms with Gasteiger partial charge in [-0.2, -0.15) is 0 Å². The normalized spacial score (nSPS) is 11.4. The Morgan fingerprint density at radius 1 is 1.09 bits per heavy atom. The van der Waals surface area contributed by atoms with Gasteiger partial charge in [0, 0.05) is 18.9 Å². The highest BCUT2D eigenvalue weighted by Crippen LogP contribution is 2.37. The number of nitrogens with one attached hydrogen (secondary N) is 1. The van der Waals surface area contributed by atoms with Crippen LogP contribution in [0.15, 0.2) is 42.6 Å². The van der Waals surface area contributed by atoms with E-state index in [1.54, 1.807) is 38.1 Å². The van der Waals surface area contributed by atoms with Gasteiger partial charge in [0.15, 0.2) is 11.5 Å². The lowest BCUT2D eigenvalue weighted by molar-refractivity contribution is -0.123. The quantitative estimate of drug-likeness (QED) is 0.208. The molecule has 1 aromatic carbocycles. The molecule has 0 spiro atoms. The maximum atomic E-state index is 12.9. The lowest BCUT2D eigenvalue weighted by atomic mass is 10.1. The zero-order valence-corrected chi connectivity index (χ0v) is 19.6. The van der Waals surface area contributed by atoms with E-state index in [-0.39, 0.29) is 48.0 Å². The largest absolute Gasteiger partial charge is 0.524 e. The van der Waals surface area contributed by atoms with Crippen LogP contribution >= 0.6 is 7.82 Å². The van der Waals surface area contributed by atoms with Crippen LogP contribution in [0, 0.1) is 5.92 Å². The average Bonchev–Trinajstić information content (AvgIpc) is 2.79. The van der Waals surface area contributed by atoms with Gasteiger partial charge in [-0.15, -0.1) is 0 Å². The van der Waals surface area contributed by atoms with E-state index in [0.717, 1.165) is 6.20 Å². The lowest BCUT2D eigenvalue weighted by Gasteiger charge is -2.11. The molecule has 0 atom stereocenters. The number of phosphoric acid groups is 1. The highest BCUT2D eigenvalue weighted by Gasteiger charge is 2.19. The number of phosphoric ester groups is 1. The zero-order chi connectivity index (χ0) is 24.7. The molecule has 180 valence electrons. The van der Waals surface area contributed by atoms with Gasteiger partial charge in [0.05, 0.1) is 22.9 Å². The van der Waals surface area contributed by atoms with Gasteiger partial charge >= 0.3 is 7.82 Å². The minimum atomic E-state index is -4.68. The summed E-state index contributed by atoms with van der Waals surface area (Å²) >= 11 is 0. The number of ether oxygens (including phenoxy) is 1. The smallest absolute Gasteiger partial charge is 0.470 e. The number of fused-ring (bicyclic) bond motifs is 1. The molecule has 0 unspecified atom stereocenters. The van der Waals surface area contributed by atoms with Crippen LogP contribution in [0.1, 0.15) is 42.9 Å². The van der Waals surface area contributed by atoms with Crippen LogP contribution < -0.4 is 14.6 Å². The van der Waals surface area contributed by atoms with Crippen LogP contribution in [0.4, 0.5) is 0 Å². The Labute approximate surface area is 195 Å². The lowest BCUT2D eigenvalue weighted by Crippen LogP contribution is -2.28. The number of aromatic nitrogens is 3. The number of hydrogen-bond acceptors (Lipinski definition) is 8. The van der Waals surface area contributed by atoms with E-state index in [1.807, 2.05) is 0 Å². The van der Waals surface area contributed by atoms with Gasteiger partial charge in [-0.05, 0) is 30.7 Å². The van der Waals surface area contributed by atoms with Gasteiger partial charge < -0.3 is 14.6 Å². The van der Waals surface area contributed by atoms with Crippen molar-refractivity contribution in [3.05, 3.63) is 54.0 Å². The highest BCUT2D eigenvalue weighted by atomic mass is 31.2. The summed E-state index contributed by atoms with van der Waals surface area (Å²) in [5.74, 6) is -0.527. The number of rotatable bonds is 11. The summed E-state index contributed by atoms with van der Waals surface area (Å²) in [6, 6.07) is 9.89. The molecule has 0 radical (unpaired) electrons. The number of para-hydroxylation sites is 2. The second kappa shape index (κ2) is 11.1. The number of nitrogens with zero attached hydrogens (tertiary/aromatic N) is 3. The second-order valence-corrected chi connectivity index (χ2v) is 8.86. The molecule has 3 rings (SSSR count). The van der Waals surface area contributed by atoms with E-state index in [2.05, 4.69) is 24.8 Å². The first-order valence-electron chi connectivity index (χ1n) is 10.5. The van der Waals surface area contributed by atoms with Crippen molar-refractivity contribution in [3.63, 3.8) is 0 Å². The number of carbonyl (C=O) groups excluding carboxylic acids is 2. The van der Waals surface area contributed by atoms with Crippen LogP contribution in [-0.2, 0) is 16.0 Å². The minimum Gasteiger partial charge on any atom is -0.470 e. The minimum absolute atomic E-state index is 0.0484. The number of amides is 1. The molecule has 1 amide bonds. The Hall–Kier alpha value is -3.40. The fourth-order valence-corrected chi connectivity index (χ4v) is 3.26. The fraction of sp³-hybridized carbons (Fsp3) is 0.318. The summed E-state index contributed by atoms with van der Waals surface area (Å²) in [6.45, 7) is 3.89. The SMILES string of the molecule is CC(C)C(=O)NCCCC(=O)c1nc2ccccc2nc1OCc1ccc(OP(=O)(O)O)cn1. The van der Waals surface area contributed by atoms with Crippen molar-refractivity contribution in [1.82, 2.24) is 20.3 Å². The number of ketones is 1. The molecule has 0 aliphatic rings. The van der Waals surface area contributed by atoms with Crippen molar-refractivity contribution < 1.29 is 33.2 Å². The zero-order valence-electron chi connectivity index (χ0n) is 18.7. The number of carbonyl (C=O) groups is 2. The third kappa shape index (κ3) is 7.31. The summed E-state index contributed by atoms with van der Waals surface area (Å²) in [5.41, 5.74) is 1.60. The van der Waals surface area contributed by atoms with Crippen LogP contribution in [0.5, 0.6) is 11.6 Å². The standard InChI is InChI=1S/C22H25N4O7P/c1-14(2)21(28)23-11-5-8-19(27)20-22(26-18-7-4-3-6-17(18)25-20)32-13-15-9-10-16(12-24-15)33-34(29,30)31/h3-4,6-7,9-10,12,14H,5,8,11,13H2,1-2H3,(H,23,28)(H2,29,30,31). The van der Waals surface area contributed by atoms with Gasteiger partial charge in [0.2, 0.25) is 11.8 Å². The van der Waals surface area contributed by atoms with Gasteiger partial charge in [0.1, 0.15) is 12.4 Å². The third-order valence-electron chi connectivity index (χ3n) is 4.59. The summed E-state index contributed by atoms with van der Waals surface area (Å²) < 4.78 is 21.1. The molecular weight excluding hydrogens is 463 g/mol. The number of benzene rings is 1. The Balaban J connectivity index is 1.71. The van der Waals surface area contributed by atoms with E-state index >= 15 is 0 Å². The maximum Gasteiger partial charge on any atom is 0.524 e. The summed E-state index contributed by atoms with van der Waals surface area (Å²) in [6.07, 6.45) is 1.74. The summed E-state index contributed by atoms with van der Waals surface area (Å²) in [7, 11) is -4.68. The molecule has 0 saturated carbocycles. The summed E-state index contributed by atoms with van der Waals surface area (Å²) in [4.78, 5) is 55.2. The van der Waals surface area contributed by atoms with E-state index in [4.69, 9.17) is 14.5 Å². The predicted octanol–water partition coefficient (Wildman–Crippen LogP) is 2.81. The third-order valence-corrected chi connectivity index (χ3v) is 5.03. The maximum absolute atomic E-state index is 12.9. The number of hydrogen-bond donors (Lipinski definition) is 3. The van der Waals surface area contributed by atoms with Gasteiger partial charge in [-0.25, -0.2) is 14.5 Å². The molecule has 0 saturated heterocycles. The van der Waals surface area contributed by atoms with Crippen molar-refractivity contribution in [2.24, 2.45) is 5.92 Å². The number of pyridine rings is 1. The highest BCUT2D eigenvalue weighted by molar-refractivity contribution is 7.46. The molecule has 0 aliphatic heterocycles. The number of Topliss-reactive ketones (excluding diaryl/α,β-unsaturated/α-hetero) is 1. The molecule has 0 aliphatic carbocycles. The fourth-order valence-electron chi connectivity index (χ4n) is 2.88. The molecule has 3 N–H and O–H groups in total. The topological polar surface area (TPSA) is 161 Å². The molecule has 0 bridgehead atoms.